The molecule has 3 rings (SSSR count). The quantitative estimate of drug-likeness (QED) is 0.635. The van der Waals surface area contributed by atoms with E-state index in [-0.39, 0.29) is 5.91 Å². The van der Waals surface area contributed by atoms with Gasteiger partial charge in [-0.3, -0.25) is 9.69 Å². The normalized spacial score (nSPS) is 11.9. The van der Waals surface area contributed by atoms with E-state index in [1.165, 1.54) is 7.11 Å². The molecular formula is C23H23NO3. The third-order valence-electron chi connectivity index (χ3n) is 4.85. The molecule has 0 aromatic heterocycles. The number of anilines is 1. The van der Waals surface area contributed by atoms with Crippen molar-refractivity contribution in [3.63, 3.8) is 0 Å². The minimum Gasteiger partial charge on any atom is -0.467 e. The van der Waals surface area contributed by atoms with Crippen LogP contribution in [0.1, 0.15) is 28.4 Å². The summed E-state index contributed by atoms with van der Waals surface area (Å²) < 4.78 is 4.93. The van der Waals surface area contributed by atoms with Crippen molar-refractivity contribution in [2.24, 2.45) is 0 Å². The molecule has 0 unspecified atom stereocenters. The summed E-state index contributed by atoms with van der Waals surface area (Å²) in [5, 5.41) is 1.84. The van der Waals surface area contributed by atoms with Crippen LogP contribution in [0.4, 0.5) is 5.69 Å². The summed E-state index contributed by atoms with van der Waals surface area (Å²) in [5.74, 6) is -0.673. The van der Waals surface area contributed by atoms with E-state index in [2.05, 4.69) is 0 Å². The van der Waals surface area contributed by atoms with Crippen molar-refractivity contribution in [2.45, 2.75) is 26.8 Å². The average Bonchev–Trinajstić information content (AvgIpc) is 2.68. The molecule has 0 bridgehead atoms. The smallest absolute Gasteiger partial charge is 0.328 e. The summed E-state index contributed by atoms with van der Waals surface area (Å²) in [5.41, 5.74) is 3.17. The van der Waals surface area contributed by atoms with Gasteiger partial charge in [0.25, 0.3) is 5.91 Å². The zero-order valence-electron chi connectivity index (χ0n) is 16.0. The molecule has 0 N–H and O–H groups in total. The second-order valence-corrected chi connectivity index (χ2v) is 6.64. The Hall–Kier alpha value is -3.14. The van der Waals surface area contributed by atoms with E-state index in [4.69, 9.17) is 4.74 Å². The van der Waals surface area contributed by atoms with Crippen molar-refractivity contribution in [1.29, 1.82) is 0 Å². The molecule has 3 aromatic carbocycles. The van der Waals surface area contributed by atoms with Gasteiger partial charge in [-0.1, -0.05) is 54.6 Å². The molecule has 3 aromatic rings. The summed E-state index contributed by atoms with van der Waals surface area (Å²) >= 11 is 0. The highest BCUT2D eigenvalue weighted by molar-refractivity contribution is 6.16. The van der Waals surface area contributed by atoms with Crippen molar-refractivity contribution >= 4 is 28.3 Å². The van der Waals surface area contributed by atoms with Crippen LogP contribution in [0.5, 0.6) is 0 Å². The maximum Gasteiger partial charge on any atom is 0.328 e. The fraction of sp³-hybridized carbons (Fsp3) is 0.217. The number of carbonyl (C=O) groups is 2. The summed E-state index contributed by atoms with van der Waals surface area (Å²) in [6.45, 7) is 5.58. The van der Waals surface area contributed by atoms with Gasteiger partial charge in [-0.05, 0) is 48.7 Å². The Morgan fingerprint density at radius 2 is 1.48 bits per heavy atom. The number of hydrogen-bond acceptors (Lipinski definition) is 3. The number of aryl methyl sites for hydroxylation is 2. The largest absolute Gasteiger partial charge is 0.467 e. The van der Waals surface area contributed by atoms with Gasteiger partial charge in [-0.15, -0.1) is 0 Å². The first-order valence-corrected chi connectivity index (χ1v) is 8.91. The van der Waals surface area contributed by atoms with E-state index < -0.39 is 12.0 Å². The van der Waals surface area contributed by atoms with Gasteiger partial charge in [0.05, 0.1) is 12.8 Å². The van der Waals surface area contributed by atoms with Gasteiger partial charge < -0.3 is 4.74 Å². The Kier molecular flexibility index (Phi) is 5.26. The van der Waals surface area contributed by atoms with Crippen LogP contribution < -0.4 is 4.90 Å². The number of fused-ring (bicyclic) bond motifs is 1. The summed E-state index contributed by atoms with van der Waals surface area (Å²) in [7, 11) is 1.34. The lowest BCUT2D eigenvalue weighted by atomic mass is 10.0. The Morgan fingerprint density at radius 1 is 0.889 bits per heavy atom. The van der Waals surface area contributed by atoms with Gasteiger partial charge >= 0.3 is 5.97 Å². The van der Waals surface area contributed by atoms with Crippen molar-refractivity contribution in [3.8, 4) is 0 Å². The molecule has 0 aliphatic rings. The van der Waals surface area contributed by atoms with Crippen LogP contribution in [0.2, 0.25) is 0 Å². The van der Waals surface area contributed by atoms with Crippen molar-refractivity contribution in [2.75, 3.05) is 12.0 Å². The third kappa shape index (κ3) is 3.43. The predicted octanol–water partition coefficient (Wildman–Crippen LogP) is 4.66. The van der Waals surface area contributed by atoms with Crippen LogP contribution in [-0.4, -0.2) is 25.0 Å². The summed E-state index contributed by atoms with van der Waals surface area (Å²) in [4.78, 5) is 27.5. The maximum atomic E-state index is 13.6. The number of esters is 1. The minimum absolute atomic E-state index is 0.220. The molecule has 0 saturated heterocycles. The number of para-hydroxylation sites is 1. The molecule has 1 amide bonds. The second kappa shape index (κ2) is 7.62. The molecule has 0 radical (unpaired) electrons. The van der Waals surface area contributed by atoms with Gasteiger partial charge in [0.15, 0.2) is 0 Å². The molecule has 138 valence electrons. The molecule has 0 heterocycles. The number of nitrogens with zero attached hydrogens (tertiary/aromatic N) is 1. The molecule has 27 heavy (non-hydrogen) atoms. The first kappa shape index (κ1) is 18.6. The number of methoxy groups -OCH3 is 1. The van der Waals surface area contributed by atoms with Gasteiger partial charge in [-0.2, -0.15) is 0 Å². The standard InChI is InChI=1S/C23H23NO3/c1-15-9-7-10-16(2)21(15)24(17(3)23(26)27-4)22(25)20-14-8-12-18-11-5-6-13-19(18)20/h5-14,17H,1-4H3/t17-/m1/s1. The summed E-state index contributed by atoms with van der Waals surface area (Å²) in [6, 6.07) is 18.5. The van der Waals surface area contributed by atoms with Crippen LogP contribution in [0.25, 0.3) is 10.8 Å². The highest BCUT2D eigenvalue weighted by Crippen LogP contribution is 2.30. The first-order valence-electron chi connectivity index (χ1n) is 8.91. The Balaban J connectivity index is 2.21. The van der Waals surface area contributed by atoms with Gasteiger partial charge in [0.2, 0.25) is 0 Å². The lowest BCUT2D eigenvalue weighted by Gasteiger charge is -2.30. The van der Waals surface area contributed by atoms with E-state index in [9.17, 15) is 9.59 Å². The van der Waals surface area contributed by atoms with Crippen molar-refractivity contribution < 1.29 is 14.3 Å². The van der Waals surface area contributed by atoms with E-state index in [0.717, 1.165) is 27.6 Å². The minimum atomic E-state index is -0.749. The second-order valence-electron chi connectivity index (χ2n) is 6.64. The Bertz CT molecular complexity index is 984. The van der Waals surface area contributed by atoms with Crippen LogP contribution in [0, 0.1) is 13.8 Å². The maximum absolute atomic E-state index is 13.6. The lowest BCUT2D eigenvalue weighted by Crippen LogP contribution is -2.45. The summed E-state index contributed by atoms with van der Waals surface area (Å²) in [6.07, 6.45) is 0. The monoisotopic (exact) mass is 361 g/mol. The zero-order chi connectivity index (χ0) is 19.6. The fourth-order valence-electron chi connectivity index (χ4n) is 3.47. The zero-order valence-corrected chi connectivity index (χ0v) is 16.0. The van der Waals surface area contributed by atoms with Gasteiger partial charge in [-0.25, -0.2) is 4.79 Å². The molecule has 0 fully saturated rings. The first-order chi connectivity index (χ1) is 13.0. The van der Waals surface area contributed by atoms with Crippen LogP contribution in [0.3, 0.4) is 0 Å². The molecule has 4 nitrogen and oxygen atoms in total. The highest BCUT2D eigenvalue weighted by Gasteiger charge is 2.31. The van der Waals surface area contributed by atoms with Gasteiger partial charge in [0.1, 0.15) is 6.04 Å². The molecule has 0 saturated carbocycles. The van der Waals surface area contributed by atoms with Crippen molar-refractivity contribution in [1.82, 2.24) is 0 Å². The molecular weight excluding hydrogens is 338 g/mol. The number of carbonyl (C=O) groups excluding carboxylic acids is 2. The number of amides is 1. The highest BCUT2D eigenvalue weighted by atomic mass is 16.5. The Morgan fingerprint density at radius 3 is 2.15 bits per heavy atom. The SMILES string of the molecule is COC(=O)[C@@H](C)N(C(=O)c1cccc2ccccc12)c1c(C)cccc1C. The van der Waals surface area contributed by atoms with Crippen LogP contribution in [0.15, 0.2) is 60.7 Å². The van der Waals surface area contributed by atoms with E-state index >= 15 is 0 Å². The molecule has 0 spiro atoms. The number of rotatable bonds is 4. The van der Waals surface area contributed by atoms with Crippen molar-refractivity contribution in [3.05, 3.63) is 77.4 Å². The average molecular weight is 361 g/mol. The van der Waals surface area contributed by atoms with Crippen LogP contribution >= 0.6 is 0 Å². The molecule has 1 atom stereocenters. The number of benzene rings is 3. The molecule has 0 aliphatic heterocycles. The van der Waals surface area contributed by atoms with Gasteiger partial charge in [0, 0.05) is 5.56 Å². The van der Waals surface area contributed by atoms with E-state index in [1.54, 1.807) is 17.9 Å². The number of ether oxygens (including phenoxy) is 1. The fourth-order valence-corrected chi connectivity index (χ4v) is 3.47. The van der Waals surface area contributed by atoms with Crippen LogP contribution in [-0.2, 0) is 9.53 Å². The number of hydrogen-bond donors (Lipinski definition) is 0. The van der Waals surface area contributed by atoms with E-state index in [1.807, 2.05) is 68.4 Å². The molecule has 0 aliphatic carbocycles. The topological polar surface area (TPSA) is 46.6 Å². The predicted molar refractivity (Wildman–Crippen MR) is 108 cm³/mol. The Labute approximate surface area is 159 Å². The third-order valence-corrected chi connectivity index (χ3v) is 4.85. The van der Waals surface area contributed by atoms with E-state index in [0.29, 0.717) is 5.56 Å². The lowest BCUT2D eigenvalue weighted by molar-refractivity contribution is -0.141. The molecule has 4 heteroatoms.